The van der Waals surface area contributed by atoms with Crippen LogP contribution in [0, 0.1) is 17.8 Å². The summed E-state index contributed by atoms with van der Waals surface area (Å²) in [5.74, 6) is 2.85. The van der Waals surface area contributed by atoms with Crippen molar-refractivity contribution in [1.29, 1.82) is 0 Å². The van der Waals surface area contributed by atoms with Crippen LogP contribution in [0.1, 0.15) is 46.0 Å². The van der Waals surface area contributed by atoms with Crippen LogP contribution in [0.5, 0.6) is 0 Å². The first-order chi connectivity index (χ1) is 7.55. The lowest BCUT2D eigenvalue weighted by molar-refractivity contribution is 0.0866. The van der Waals surface area contributed by atoms with E-state index in [9.17, 15) is 0 Å². The van der Waals surface area contributed by atoms with Gasteiger partial charge in [0.15, 0.2) is 0 Å². The van der Waals surface area contributed by atoms with E-state index < -0.39 is 0 Å². The van der Waals surface area contributed by atoms with Crippen LogP contribution in [0.25, 0.3) is 0 Å². The lowest BCUT2D eigenvalue weighted by Gasteiger charge is -2.43. The molecule has 2 heteroatoms. The number of likely N-dealkylation sites (N-methyl/N-ethyl adjacent to an activating group) is 1. The molecule has 2 saturated carbocycles. The van der Waals surface area contributed by atoms with Gasteiger partial charge in [0.05, 0.1) is 0 Å². The highest BCUT2D eigenvalue weighted by Gasteiger charge is 2.39. The minimum atomic E-state index is 0.243. The van der Waals surface area contributed by atoms with Crippen LogP contribution in [0.2, 0.25) is 0 Å². The topological polar surface area (TPSA) is 29.3 Å². The van der Waals surface area contributed by atoms with E-state index in [-0.39, 0.29) is 5.54 Å². The maximum absolute atomic E-state index is 6.02. The molecule has 2 fully saturated rings. The molecule has 0 heterocycles. The lowest BCUT2D eigenvalue weighted by Crippen LogP contribution is -2.52. The Morgan fingerprint density at radius 1 is 1.38 bits per heavy atom. The number of rotatable bonds is 6. The molecule has 0 aromatic rings. The first kappa shape index (κ1) is 12.4. The molecule has 3 atom stereocenters. The second-order valence-corrected chi connectivity index (χ2v) is 6.56. The van der Waals surface area contributed by atoms with Gasteiger partial charge in [0, 0.05) is 18.6 Å². The summed E-state index contributed by atoms with van der Waals surface area (Å²) in [5.41, 5.74) is 6.27. The minimum Gasteiger partial charge on any atom is -0.329 e. The van der Waals surface area contributed by atoms with E-state index in [1.807, 2.05) is 0 Å². The Labute approximate surface area is 101 Å². The molecule has 94 valence electrons. The van der Waals surface area contributed by atoms with Crippen LogP contribution in [0.15, 0.2) is 0 Å². The average molecular weight is 224 g/mol. The molecular formula is C14H28N2. The third-order valence-electron chi connectivity index (χ3n) is 5.10. The van der Waals surface area contributed by atoms with Crippen LogP contribution in [0.3, 0.4) is 0 Å². The summed E-state index contributed by atoms with van der Waals surface area (Å²) >= 11 is 0. The number of hydrogen-bond donors (Lipinski definition) is 1. The standard InChI is InChI=1S/C14H28N2/c1-11-7-13(11)9-16(3)14(2,10-15)8-12-5-4-6-12/h11-13H,4-10,15H2,1-3H3. The summed E-state index contributed by atoms with van der Waals surface area (Å²) in [6.07, 6.45) is 7.04. The van der Waals surface area contributed by atoms with Gasteiger partial charge in [-0.15, -0.1) is 0 Å². The molecule has 2 aliphatic rings. The molecule has 2 aliphatic carbocycles. The molecular weight excluding hydrogens is 196 g/mol. The SMILES string of the molecule is CC1CC1CN(C)C(C)(CN)CC1CCC1. The molecule has 16 heavy (non-hydrogen) atoms. The summed E-state index contributed by atoms with van der Waals surface area (Å²) in [6, 6.07) is 0. The van der Waals surface area contributed by atoms with Crippen molar-refractivity contribution in [3.05, 3.63) is 0 Å². The summed E-state index contributed by atoms with van der Waals surface area (Å²) in [4.78, 5) is 2.54. The van der Waals surface area contributed by atoms with Gasteiger partial charge in [0.1, 0.15) is 0 Å². The first-order valence-corrected chi connectivity index (χ1v) is 6.96. The van der Waals surface area contributed by atoms with Crippen molar-refractivity contribution in [2.24, 2.45) is 23.5 Å². The van der Waals surface area contributed by atoms with E-state index in [0.717, 1.165) is 24.3 Å². The van der Waals surface area contributed by atoms with E-state index in [0.29, 0.717) is 0 Å². The first-order valence-electron chi connectivity index (χ1n) is 6.96. The van der Waals surface area contributed by atoms with Gasteiger partial charge in [-0.1, -0.05) is 26.2 Å². The largest absolute Gasteiger partial charge is 0.329 e. The fourth-order valence-corrected chi connectivity index (χ4v) is 2.94. The Balaban J connectivity index is 1.84. The van der Waals surface area contributed by atoms with Gasteiger partial charge in [0.2, 0.25) is 0 Å². The van der Waals surface area contributed by atoms with Crippen LogP contribution in [-0.2, 0) is 0 Å². The third-order valence-corrected chi connectivity index (χ3v) is 5.10. The van der Waals surface area contributed by atoms with Crippen LogP contribution in [-0.4, -0.2) is 30.6 Å². The van der Waals surface area contributed by atoms with E-state index in [1.54, 1.807) is 0 Å². The van der Waals surface area contributed by atoms with Gasteiger partial charge < -0.3 is 5.73 Å². The van der Waals surface area contributed by atoms with Gasteiger partial charge in [-0.05, 0) is 44.6 Å². The maximum Gasteiger partial charge on any atom is 0.0303 e. The quantitative estimate of drug-likeness (QED) is 0.751. The Morgan fingerprint density at radius 3 is 2.38 bits per heavy atom. The zero-order valence-corrected chi connectivity index (χ0v) is 11.2. The maximum atomic E-state index is 6.02. The highest BCUT2D eigenvalue weighted by molar-refractivity contribution is 4.93. The third kappa shape index (κ3) is 2.60. The lowest BCUT2D eigenvalue weighted by atomic mass is 9.76. The number of hydrogen-bond acceptors (Lipinski definition) is 2. The van der Waals surface area contributed by atoms with Crippen molar-refractivity contribution in [1.82, 2.24) is 4.90 Å². The van der Waals surface area contributed by atoms with Gasteiger partial charge in [-0.25, -0.2) is 0 Å². The minimum absolute atomic E-state index is 0.243. The van der Waals surface area contributed by atoms with E-state index in [1.165, 1.54) is 38.6 Å². The van der Waals surface area contributed by atoms with Crippen LogP contribution in [0.4, 0.5) is 0 Å². The average Bonchev–Trinajstić information content (AvgIpc) is 2.87. The molecule has 0 aromatic carbocycles. The fraction of sp³-hybridized carbons (Fsp3) is 1.00. The number of nitrogens with two attached hydrogens (primary N) is 1. The molecule has 2 N–H and O–H groups in total. The van der Waals surface area contributed by atoms with Crippen molar-refractivity contribution >= 4 is 0 Å². The summed E-state index contributed by atoms with van der Waals surface area (Å²) in [5, 5.41) is 0. The highest BCUT2D eigenvalue weighted by atomic mass is 15.2. The van der Waals surface area contributed by atoms with E-state index >= 15 is 0 Å². The Hall–Kier alpha value is -0.0800. The molecule has 2 rings (SSSR count). The Kier molecular flexibility index (Phi) is 3.60. The molecule has 2 nitrogen and oxygen atoms in total. The van der Waals surface area contributed by atoms with Crippen molar-refractivity contribution < 1.29 is 0 Å². The van der Waals surface area contributed by atoms with E-state index in [2.05, 4.69) is 25.8 Å². The predicted molar refractivity (Wildman–Crippen MR) is 69.3 cm³/mol. The highest BCUT2D eigenvalue weighted by Crippen LogP contribution is 2.41. The van der Waals surface area contributed by atoms with Crippen molar-refractivity contribution in [2.75, 3.05) is 20.1 Å². The van der Waals surface area contributed by atoms with Gasteiger partial charge in [-0.3, -0.25) is 4.90 Å². The summed E-state index contributed by atoms with van der Waals surface area (Å²) < 4.78 is 0. The molecule has 0 radical (unpaired) electrons. The fourth-order valence-electron chi connectivity index (χ4n) is 2.94. The van der Waals surface area contributed by atoms with Crippen LogP contribution >= 0.6 is 0 Å². The predicted octanol–water partition coefficient (Wildman–Crippen LogP) is 2.48. The second kappa shape index (κ2) is 4.66. The number of nitrogens with zero attached hydrogens (tertiary/aromatic N) is 1. The molecule has 0 aliphatic heterocycles. The van der Waals surface area contributed by atoms with Gasteiger partial charge in [0.25, 0.3) is 0 Å². The van der Waals surface area contributed by atoms with E-state index in [4.69, 9.17) is 5.73 Å². The molecule has 0 saturated heterocycles. The Bertz CT molecular complexity index is 237. The van der Waals surface area contributed by atoms with Gasteiger partial charge in [-0.2, -0.15) is 0 Å². The monoisotopic (exact) mass is 224 g/mol. The van der Waals surface area contributed by atoms with Crippen molar-refractivity contribution in [2.45, 2.75) is 51.5 Å². The zero-order valence-electron chi connectivity index (χ0n) is 11.2. The second-order valence-electron chi connectivity index (χ2n) is 6.56. The molecule has 3 unspecified atom stereocenters. The molecule has 0 spiro atoms. The molecule has 0 bridgehead atoms. The van der Waals surface area contributed by atoms with Crippen molar-refractivity contribution in [3.8, 4) is 0 Å². The van der Waals surface area contributed by atoms with Crippen molar-refractivity contribution in [3.63, 3.8) is 0 Å². The van der Waals surface area contributed by atoms with Gasteiger partial charge >= 0.3 is 0 Å². The zero-order chi connectivity index (χ0) is 11.8. The normalized spacial score (nSPS) is 33.6. The smallest absolute Gasteiger partial charge is 0.0303 e. The molecule has 0 amide bonds. The Morgan fingerprint density at radius 2 is 2.00 bits per heavy atom. The van der Waals surface area contributed by atoms with Crippen LogP contribution < -0.4 is 5.73 Å². The summed E-state index contributed by atoms with van der Waals surface area (Å²) in [6.45, 7) is 6.78. The molecule has 0 aromatic heterocycles. The summed E-state index contributed by atoms with van der Waals surface area (Å²) in [7, 11) is 2.27.